The molecular formula is C31H21F3N6O6S. The number of nitro benzene ring substituents is 1. The monoisotopic (exact) mass is 662 g/mol. The van der Waals surface area contributed by atoms with Crippen LogP contribution in [-0.4, -0.2) is 37.0 Å². The van der Waals surface area contributed by atoms with Crippen molar-refractivity contribution in [2.75, 3.05) is 11.9 Å². The highest BCUT2D eigenvalue weighted by atomic mass is 32.1. The van der Waals surface area contributed by atoms with Crippen LogP contribution >= 0.6 is 11.3 Å². The third-order valence-electron chi connectivity index (χ3n) is 6.37. The molecule has 238 valence electrons. The Morgan fingerprint density at radius 1 is 0.915 bits per heavy atom. The number of benzene rings is 3. The summed E-state index contributed by atoms with van der Waals surface area (Å²) in [5.74, 6) is -0.176. The number of aromatic nitrogens is 4. The summed E-state index contributed by atoms with van der Waals surface area (Å²) in [5, 5.41) is 19.5. The number of carbonyl (C=O) groups is 1. The third-order valence-corrected chi connectivity index (χ3v) is 7.27. The predicted molar refractivity (Wildman–Crippen MR) is 164 cm³/mol. The SMILES string of the molecule is CCOc1ccc(Oc2cc(Oc3ccc(NC(=O)c4nc5nc(-c6cccs6)cc(C(F)(F)F)n5n4)cc3)cc([N+](=O)[O-])c2)cc1. The van der Waals surface area contributed by atoms with Gasteiger partial charge in [-0.15, -0.1) is 16.4 Å². The number of halogens is 3. The third kappa shape index (κ3) is 7.12. The normalized spacial score (nSPS) is 11.3. The molecule has 3 aromatic heterocycles. The number of hydrogen-bond donors (Lipinski definition) is 1. The smallest absolute Gasteiger partial charge is 0.433 e. The van der Waals surface area contributed by atoms with E-state index in [0.717, 1.165) is 6.07 Å². The summed E-state index contributed by atoms with van der Waals surface area (Å²) >= 11 is 1.21. The molecule has 16 heteroatoms. The molecule has 0 radical (unpaired) electrons. The van der Waals surface area contributed by atoms with Gasteiger partial charge >= 0.3 is 6.18 Å². The summed E-state index contributed by atoms with van der Waals surface area (Å²) in [5.41, 5.74) is -1.09. The summed E-state index contributed by atoms with van der Waals surface area (Å²) < 4.78 is 59.0. The minimum Gasteiger partial charge on any atom is -0.494 e. The lowest BCUT2D eigenvalue weighted by Crippen LogP contribution is -2.16. The summed E-state index contributed by atoms with van der Waals surface area (Å²) in [6.07, 6.45) is -4.79. The number of nitrogens with one attached hydrogen (secondary N) is 1. The first-order chi connectivity index (χ1) is 22.6. The van der Waals surface area contributed by atoms with Crippen molar-refractivity contribution in [2.24, 2.45) is 0 Å². The number of alkyl halides is 3. The van der Waals surface area contributed by atoms with Crippen molar-refractivity contribution in [3.8, 4) is 39.3 Å². The van der Waals surface area contributed by atoms with Crippen molar-refractivity contribution in [3.63, 3.8) is 0 Å². The van der Waals surface area contributed by atoms with E-state index in [9.17, 15) is 28.1 Å². The van der Waals surface area contributed by atoms with E-state index in [2.05, 4.69) is 20.4 Å². The molecule has 47 heavy (non-hydrogen) atoms. The molecule has 0 fully saturated rings. The molecule has 3 heterocycles. The van der Waals surface area contributed by atoms with Crippen LogP contribution in [0, 0.1) is 10.1 Å². The van der Waals surface area contributed by atoms with Crippen LogP contribution in [0.1, 0.15) is 23.2 Å². The van der Waals surface area contributed by atoms with Crippen LogP contribution in [0.25, 0.3) is 16.3 Å². The maximum absolute atomic E-state index is 13.8. The maximum atomic E-state index is 13.8. The number of thiophene rings is 1. The molecular weight excluding hydrogens is 641 g/mol. The molecule has 6 rings (SSSR count). The van der Waals surface area contributed by atoms with Crippen LogP contribution in [-0.2, 0) is 6.18 Å². The number of rotatable bonds is 10. The van der Waals surface area contributed by atoms with Gasteiger partial charge in [0.25, 0.3) is 17.4 Å². The van der Waals surface area contributed by atoms with Crippen LogP contribution in [0.4, 0.5) is 24.5 Å². The van der Waals surface area contributed by atoms with Gasteiger partial charge in [-0.3, -0.25) is 14.9 Å². The van der Waals surface area contributed by atoms with Gasteiger partial charge < -0.3 is 19.5 Å². The highest BCUT2D eigenvalue weighted by Crippen LogP contribution is 2.35. The van der Waals surface area contributed by atoms with Gasteiger partial charge in [0.15, 0.2) is 5.69 Å². The summed E-state index contributed by atoms with van der Waals surface area (Å²) in [7, 11) is 0. The van der Waals surface area contributed by atoms with Crippen LogP contribution in [0.5, 0.6) is 28.7 Å². The number of fused-ring (bicyclic) bond motifs is 1. The summed E-state index contributed by atoms with van der Waals surface area (Å²) in [6.45, 7) is 2.36. The van der Waals surface area contributed by atoms with E-state index in [1.54, 1.807) is 41.8 Å². The summed E-state index contributed by atoms with van der Waals surface area (Å²) in [4.78, 5) is 32.5. The lowest BCUT2D eigenvalue weighted by Gasteiger charge is -2.11. The Balaban J connectivity index is 1.18. The maximum Gasteiger partial charge on any atom is 0.433 e. The van der Waals surface area contributed by atoms with E-state index in [1.165, 1.54) is 53.8 Å². The average Bonchev–Trinajstić information content (AvgIpc) is 3.73. The van der Waals surface area contributed by atoms with Crippen molar-refractivity contribution < 1.29 is 37.1 Å². The minimum atomic E-state index is -4.79. The van der Waals surface area contributed by atoms with E-state index >= 15 is 0 Å². The number of anilines is 1. The number of carbonyl (C=O) groups excluding carboxylic acids is 1. The minimum absolute atomic E-state index is 0.0494. The second kappa shape index (κ2) is 12.8. The highest BCUT2D eigenvalue weighted by molar-refractivity contribution is 7.13. The quantitative estimate of drug-likeness (QED) is 0.114. The molecule has 0 atom stereocenters. The van der Waals surface area contributed by atoms with E-state index < -0.39 is 28.5 Å². The molecule has 0 unspecified atom stereocenters. The molecule has 0 spiro atoms. The van der Waals surface area contributed by atoms with Gasteiger partial charge in [-0.2, -0.15) is 22.7 Å². The van der Waals surface area contributed by atoms with Crippen LogP contribution < -0.4 is 19.5 Å². The van der Waals surface area contributed by atoms with Crippen molar-refractivity contribution >= 4 is 34.4 Å². The van der Waals surface area contributed by atoms with E-state index in [4.69, 9.17) is 14.2 Å². The fourth-order valence-electron chi connectivity index (χ4n) is 4.33. The standard InChI is InChI=1S/C31H21F3N6O6S/c1-2-44-20-9-11-22(12-10-20)46-24-15-19(40(42)43)14-23(16-24)45-21-7-5-18(6-8-21)35-29(41)28-37-30-36-25(26-4-3-13-47-26)17-27(31(32,33)34)39(30)38-28/h3-17H,2H2,1H3,(H,35,41). The van der Waals surface area contributed by atoms with Gasteiger partial charge in [-0.05, 0) is 73.0 Å². The molecule has 1 N–H and O–H groups in total. The molecule has 0 saturated carbocycles. The van der Waals surface area contributed by atoms with Crippen LogP contribution in [0.3, 0.4) is 0 Å². The number of nitro groups is 1. The van der Waals surface area contributed by atoms with E-state index in [0.29, 0.717) is 27.5 Å². The Morgan fingerprint density at radius 3 is 2.13 bits per heavy atom. The first-order valence-electron chi connectivity index (χ1n) is 13.7. The fourth-order valence-corrected chi connectivity index (χ4v) is 5.02. The van der Waals surface area contributed by atoms with Crippen molar-refractivity contribution in [2.45, 2.75) is 13.1 Å². The zero-order chi connectivity index (χ0) is 33.1. The molecule has 12 nitrogen and oxygen atoms in total. The van der Waals surface area contributed by atoms with Crippen molar-refractivity contribution in [3.05, 3.63) is 112 Å². The van der Waals surface area contributed by atoms with Gasteiger partial charge in [-0.25, -0.2) is 4.98 Å². The number of hydrogen-bond acceptors (Lipinski definition) is 10. The topological polar surface area (TPSA) is 143 Å². The molecule has 1 amide bonds. The van der Waals surface area contributed by atoms with Gasteiger partial charge in [0, 0.05) is 11.8 Å². The second-order valence-corrected chi connectivity index (χ2v) is 10.6. The van der Waals surface area contributed by atoms with E-state index in [-0.39, 0.29) is 40.1 Å². The Morgan fingerprint density at radius 2 is 1.55 bits per heavy atom. The molecule has 0 aliphatic heterocycles. The lowest BCUT2D eigenvalue weighted by molar-refractivity contribution is -0.385. The first kappa shape index (κ1) is 31.0. The number of non-ortho nitro benzene ring substituents is 1. The zero-order valence-electron chi connectivity index (χ0n) is 24.1. The Labute approximate surface area is 267 Å². The van der Waals surface area contributed by atoms with Crippen molar-refractivity contribution in [1.82, 2.24) is 19.6 Å². The molecule has 0 saturated heterocycles. The lowest BCUT2D eigenvalue weighted by atomic mass is 10.2. The summed E-state index contributed by atoms with van der Waals surface area (Å²) in [6, 6.07) is 20.7. The molecule has 3 aromatic carbocycles. The van der Waals surface area contributed by atoms with Crippen LogP contribution in [0.2, 0.25) is 0 Å². The predicted octanol–water partition coefficient (Wildman–Crippen LogP) is 8.02. The van der Waals surface area contributed by atoms with E-state index in [1.807, 2.05) is 6.92 Å². The average molecular weight is 663 g/mol. The molecule has 6 aromatic rings. The Kier molecular flexibility index (Phi) is 8.41. The highest BCUT2D eigenvalue weighted by Gasteiger charge is 2.36. The second-order valence-electron chi connectivity index (χ2n) is 9.66. The largest absolute Gasteiger partial charge is 0.494 e. The van der Waals surface area contributed by atoms with Gasteiger partial charge in [0.1, 0.15) is 28.7 Å². The van der Waals surface area contributed by atoms with Gasteiger partial charge in [0.05, 0.1) is 34.2 Å². The van der Waals surface area contributed by atoms with Crippen LogP contribution in [0.15, 0.2) is 90.3 Å². The molecule has 0 aliphatic rings. The Bertz CT molecular complexity index is 2070. The first-order valence-corrected chi connectivity index (χ1v) is 14.6. The fraction of sp³-hybridized carbons (Fsp3) is 0.0968. The van der Waals surface area contributed by atoms with Gasteiger partial charge in [-0.1, -0.05) is 6.07 Å². The molecule has 0 aliphatic carbocycles. The zero-order valence-corrected chi connectivity index (χ0v) is 24.9. The number of ether oxygens (including phenoxy) is 3. The number of amides is 1. The Hall–Kier alpha value is -6.03. The van der Waals surface area contributed by atoms with Crippen molar-refractivity contribution in [1.29, 1.82) is 0 Å². The molecule has 0 bridgehead atoms. The number of nitrogens with zero attached hydrogens (tertiary/aromatic N) is 5. The van der Waals surface area contributed by atoms with Gasteiger partial charge in [0.2, 0.25) is 5.82 Å².